The molecule has 0 spiro atoms. The molecular weight excluding hydrogens is 390 g/mol. The monoisotopic (exact) mass is 415 g/mol. The van der Waals surface area contributed by atoms with Crippen LogP contribution < -0.4 is 5.32 Å². The maximum absolute atomic E-state index is 12.5. The van der Waals surface area contributed by atoms with E-state index in [0.717, 1.165) is 46.4 Å². The molecule has 1 aromatic carbocycles. The van der Waals surface area contributed by atoms with Crippen LogP contribution in [0.25, 0.3) is 0 Å². The molecule has 0 unspecified atom stereocenters. The first-order chi connectivity index (χ1) is 13.8. The lowest BCUT2D eigenvalue weighted by molar-refractivity contribution is -0.119. The van der Waals surface area contributed by atoms with Crippen molar-refractivity contribution in [3.8, 4) is 0 Å². The van der Waals surface area contributed by atoms with Crippen LogP contribution in [0.3, 0.4) is 0 Å². The van der Waals surface area contributed by atoms with Gasteiger partial charge in [0.05, 0.1) is 17.7 Å². The minimum absolute atomic E-state index is 0.268. The number of nitrogens with one attached hydrogen (secondary N) is 1. The Kier molecular flexibility index (Phi) is 6.37. The number of aryl methyl sites for hydroxylation is 4. The average Bonchev–Trinajstić information content (AvgIpc) is 3.19. The highest BCUT2D eigenvalue weighted by atomic mass is 32.1. The van der Waals surface area contributed by atoms with E-state index < -0.39 is 24.5 Å². The standard InChI is InChI=1S/C22H25NO5S/c1-5-27-22(26)19-15-7-6-8-16(15)29-20(19)23-17(24)11-28-21(25)18-13(3)9-12(2)10-14(18)4/h9-10H,5-8,11H2,1-4H3,(H,23,24). The van der Waals surface area contributed by atoms with E-state index >= 15 is 0 Å². The van der Waals surface area contributed by atoms with Crippen molar-refractivity contribution in [2.24, 2.45) is 0 Å². The number of fused-ring (bicyclic) bond motifs is 1. The van der Waals surface area contributed by atoms with Crippen molar-refractivity contribution < 1.29 is 23.9 Å². The van der Waals surface area contributed by atoms with Gasteiger partial charge in [0, 0.05) is 4.88 Å². The van der Waals surface area contributed by atoms with Crippen LogP contribution in [0.4, 0.5) is 5.00 Å². The van der Waals surface area contributed by atoms with Gasteiger partial charge >= 0.3 is 11.9 Å². The molecule has 0 saturated heterocycles. The summed E-state index contributed by atoms with van der Waals surface area (Å²) < 4.78 is 10.4. The molecule has 154 valence electrons. The fourth-order valence-corrected chi connectivity index (χ4v) is 5.07. The Morgan fingerprint density at radius 2 is 1.66 bits per heavy atom. The second-order valence-electron chi connectivity index (χ2n) is 7.18. The lowest BCUT2D eigenvalue weighted by atomic mass is 10.00. The van der Waals surface area contributed by atoms with E-state index in [-0.39, 0.29) is 6.61 Å². The largest absolute Gasteiger partial charge is 0.462 e. The topological polar surface area (TPSA) is 81.7 Å². The Bertz CT molecular complexity index is 953. The Hall–Kier alpha value is -2.67. The normalized spacial score (nSPS) is 12.4. The van der Waals surface area contributed by atoms with Crippen LogP contribution in [0.2, 0.25) is 0 Å². The van der Waals surface area contributed by atoms with E-state index in [1.54, 1.807) is 6.92 Å². The molecular formula is C22H25NO5S. The molecule has 0 bridgehead atoms. The Morgan fingerprint density at radius 1 is 1.00 bits per heavy atom. The van der Waals surface area contributed by atoms with Crippen LogP contribution in [0.15, 0.2) is 12.1 Å². The molecule has 3 rings (SSSR count). The molecule has 1 heterocycles. The summed E-state index contributed by atoms with van der Waals surface area (Å²) in [5, 5.41) is 3.20. The predicted octanol–water partition coefficient (Wildman–Crippen LogP) is 4.13. The third-order valence-corrected chi connectivity index (χ3v) is 6.08. The molecule has 1 aliphatic rings. The highest BCUT2D eigenvalue weighted by Gasteiger charge is 2.28. The van der Waals surface area contributed by atoms with E-state index in [1.807, 2.05) is 32.9 Å². The summed E-state index contributed by atoms with van der Waals surface area (Å²) in [6.45, 7) is 7.24. The van der Waals surface area contributed by atoms with E-state index in [4.69, 9.17) is 9.47 Å². The van der Waals surface area contributed by atoms with Crippen LogP contribution in [0.5, 0.6) is 0 Å². The maximum Gasteiger partial charge on any atom is 0.341 e. The number of esters is 2. The number of hydrogen-bond acceptors (Lipinski definition) is 6. The molecule has 1 N–H and O–H groups in total. The molecule has 1 amide bonds. The van der Waals surface area contributed by atoms with Gasteiger partial charge in [-0.05, 0) is 63.6 Å². The highest BCUT2D eigenvalue weighted by molar-refractivity contribution is 7.17. The highest BCUT2D eigenvalue weighted by Crippen LogP contribution is 2.39. The first-order valence-electron chi connectivity index (χ1n) is 9.68. The quantitative estimate of drug-likeness (QED) is 0.717. The predicted molar refractivity (Wildman–Crippen MR) is 112 cm³/mol. The summed E-state index contributed by atoms with van der Waals surface area (Å²) in [4.78, 5) is 38.3. The number of anilines is 1. The Labute approximate surface area is 174 Å². The van der Waals surface area contributed by atoms with Gasteiger partial charge in [0.25, 0.3) is 5.91 Å². The first-order valence-corrected chi connectivity index (χ1v) is 10.5. The molecule has 1 aliphatic carbocycles. The number of rotatable bonds is 6. The maximum atomic E-state index is 12.5. The number of ether oxygens (including phenoxy) is 2. The zero-order chi connectivity index (χ0) is 21.1. The summed E-state index contributed by atoms with van der Waals surface area (Å²) >= 11 is 1.40. The second kappa shape index (κ2) is 8.78. The van der Waals surface area contributed by atoms with E-state index in [1.165, 1.54) is 11.3 Å². The van der Waals surface area contributed by atoms with Gasteiger partial charge in [-0.1, -0.05) is 17.7 Å². The van der Waals surface area contributed by atoms with E-state index in [0.29, 0.717) is 16.1 Å². The molecule has 1 aromatic heterocycles. The number of amides is 1. The van der Waals surface area contributed by atoms with Gasteiger partial charge in [0.1, 0.15) is 5.00 Å². The number of carbonyl (C=O) groups excluding carboxylic acids is 3. The van der Waals surface area contributed by atoms with Crippen LogP contribution in [0, 0.1) is 20.8 Å². The average molecular weight is 416 g/mol. The van der Waals surface area contributed by atoms with Gasteiger partial charge in [0.15, 0.2) is 6.61 Å². The van der Waals surface area contributed by atoms with E-state index in [9.17, 15) is 14.4 Å². The van der Waals surface area contributed by atoms with Crippen LogP contribution in [-0.2, 0) is 27.1 Å². The SMILES string of the molecule is CCOC(=O)c1c(NC(=O)COC(=O)c2c(C)cc(C)cc2C)sc2c1CCC2. The minimum atomic E-state index is -0.533. The van der Waals surface area contributed by atoms with Gasteiger partial charge in [0.2, 0.25) is 0 Å². The fraction of sp³-hybridized carbons (Fsp3) is 0.409. The number of thiophene rings is 1. The van der Waals surface area contributed by atoms with Gasteiger partial charge in [-0.25, -0.2) is 9.59 Å². The molecule has 2 aromatic rings. The molecule has 29 heavy (non-hydrogen) atoms. The lowest BCUT2D eigenvalue weighted by Crippen LogP contribution is -2.22. The van der Waals surface area contributed by atoms with Crippen molar-refractivity contribution in [1.82, 2.24) is 0 Å². The lowest BCUT2D eigenvalue weighted by Gasteiger charge is -2.11. The summed E-state index contributed by atoms with van der Waals surface area (Å²) in [7, 11) is 0. The molecule has 0 atom stereocenters. The molecule has 6 nitrogen and oxygen atoms in total. The molecule has 0 fully saturated rings. The molecule has 0 saturated carbocycles. The second-order valence-corrected chi connectivity index (χ2v) is 8.29. The molecule has 0 aliphatic heterocycles. The Balaban J connectivity index is 1.69. The summed E-state index contributed by atoms with van der Waals surface area (Å²) in [6, 6.07) is 3.81. The van der Waals surface area contributed by atoms with Crippen molar-refractivity contribution in [1.29, 1.82) is 0 Å². The molecule has 7 heteroatoms. The van der Waals surface area contributed by atoms with Gasteiger partial charge in [-0.3, -0.25) is 4.79 Å². The van der Waals surface area contributed by atoms with Crippen LogP contribution >= 0.6 is 11.3 Å². The zero-order valence-corrected chi connectivity index (χ0v) is 18.0. The number of benzene rings is 1. The number of carbonyl (C=O) groups is 3. The third kappa shape index (κ3) is 4.50. The Morgan fingerprint density at radius 3 is 2.31 bits per heavy atom. The zero-order valence-electron chi connectivity index (χ0n) is 17.1. The van der Waals surface area contributed by atoms with Crippen molar-refractivity contribution >= 4 is 34.2 Å². The summed E-state index contributed by atoms with van der Waals surface area (Å²) in [6.07, 6.45) is 2.69. The van der Waals surface area contributed by atoms with Gasteiger partial charge < -0.3 is 14.8 Å². The van der Waals surface area contributed by atoms with Crippen LogP contribution in [0.1, 0.15) is 61.2 Å². The van der Waals surface area contributed by atoms with Crippen molar-refractivity contribution in [3.05, 3.63) is 50.4 Å². The minimum Gasteiger partial charge on any atom is -0.462 e. The summed E-state index contributed by atoms with van der Waals surface area (Å²) in [5.74, 6) is -1.44. The van der Waals surface area contributed by atoms with Gasteiger partial charge in [-0.2, -0.15) is 0 Å². The van der Waals surface area contributed by atoms with Crippen LogP contribution in [-0.4, -0.2) is 31.1 Å². The third-order valence-electron chi connectivity index (χ3n) is 4.87. The van der Waals surface area contributed by atoms with E-state index in [2.05, 4.69) is 5.32 Å². The van der Waals surface area contributed by atoms with Crippen molar-refractivity contribution in [2.45, 2.75) is 47.0 Å². The van der Waals surface area contributed by atoms with Gasteiger partial charge in [-0.15, -0.1) is 11.3 Å². The van der Waals surface area contributed by atoms with Crippen molar-refractivity contribution in [2.75, 3.05) is 18.5 Å². The first kappa shape index (κ1) is 21.0. The fourth-order valence-electron chi connectivity index (χ4n) is 3.78. The number of hydrogen-bond donors (Lipinski definition) is 1. The smallest absolute Gasteiger partial charge is 0.341 e. The van der Waals surface area contributed by atoms with Crippen molar-refractivity contribution in [3.63, 3.8) is 0 Å². The molecule has 0 radical (unpaired) electrons. The summed E-state index contributed by atoms with van der Waals surface area (Å²) in [5.41, 5.74) is 4.57.